The Hall–Kier alpha value is -0.800. The van der Waals surface area contributed by atoms with Crippen LogP contribution in [-0.2, 0) is 0 Å². The second-order valence-electron chi connectivity index (χ2n) is 2.96. The maximum Gasteiger partial charge on any atom is 0.0832 e. The number of halogens is 2. The van der Waals surface area contributed by atoms with E-state index < -0.39 is 0 Å². The lowest BCUT2D eigenvalue weighted by atomic mass is 10.3. The summed E-state index contributed by atoms with van der Waals surface area (Å²) in [6, 6.07) is 7.62. The molecule has 2 nitrogen and oxygen atoms in total. The van der Waals surface area contributed by atoms with Gasteiger partial charge in [-0.05, 0) is 35.0 Å². The van der Waals surface area contributed by atoms with Gasteiger partial charge in [-0.1, -0.05) is 23.7 Å². The maximum atomic E-state index is 6.04. The minimum absolute atomic E-state index is 0.697. The summed E-state index contributed by atoms with van der Waals surface area (Å²) in [4.78, 5) is 0. The molecule has 0 saturated carbocycles. The number of hydrogen-bond acceptors (Lipinski definition) is 1. The predicted molar refractivity (Wildman–Crippen MR) is 61.0 cm³/mol. The van der Waals surface area contributed by atoms with Gasteiger partial charge in [0.05, 0.1) is 20.9 Å². The average molecular weight is 272 g/mol. The number of aryl methyl sites for hydroxylation is 1. The lowest BCUT2D eigenvalue weighted by Gasteiger charge is -2.02. The second kappa shape index (κ2) is 3.75. The van der Waals surface area contributed by atoms with Crippen molar-refractivity contribution >= 4 is 27.5 Å². The Kier molecular flexibility index (Phi) is 2.61. The van der Waals surface area contributed by atoms with E-state index in [-0.39, 0.29) is 0 Å². The molecule has 1 heterocycles. The van der Waals surface area contributed by atoms with Gasteiger partial charge in [0.1, 0.15) is 0 Å². The highest BCUT2D eigenvalue weighted by Crippen LogP contribution is 2.22. The van der Waals surface area contributed by atoms with Crippen molar-refractivity contribution in [2.75, 3.05) is 0 Å². The van der Waals surface area contributed by atoms with Gasteiger partial charge < -0.3 is 0 Å². The summed E-state index contributed by atoms with van der Waals surface area (Å²) >= 11 is 9.46. The fourth-order valence-corrected chi connectivity index (χ4v) is 1.70. The third-order valence-corrected chi connectivity index (χ3v) is 3.04. The minimum atomic E-state index is 0.697. The number of benzene rings is 1. The van der Waals surface area contributed by atoms with Gasteiger partial charge in [-0.3, -0.25) is 0 Å². The third-order valence-electron chi connectivity index (χ3n) is 1.94. The Bertz CT molecular complexity index is 445. The van der Waals surface area contributed by atoms with Gasteiger partial charge in [0.2, 0.25) is 0 Å². The Labute approximate surface area is 95.6 Å². The Morgan fingerprint density at radius 3 is 2.64 bits per heavy atom. The monoisotopic (exact) mass is 270 g/mol. The van der Waals surface area contributed by atoms with E-state index in [9.17, 15) is 0 Å². The van der Waals surface area contributed by atoms with Crippen LogP contribution in [0.3, 0.4) is 0 Å². The summed E-state index contributed by atoms with van der Waals surface area (Å²) in [5, 5.41) is 5.02. The summed E-state index contributed by atoms with van der Waals surface area (Å²) in [5.74, 6) is 0. The van der Waals surface area contributed by atoms with Gasteiger partial charge in [0, 0.05) is 6.20 Å². The van der Waals surface area contributed by atoms with E-state index in [1.54, 1.807) is 4.68 Å². The molecular weight excluding hydrogens is 263 g/mol. The van der Waals surface area contributed by atoms with Crippen molar-refractivity contribution in [3.05, 3.63) is 45.7 Å². The second-order valence-corrected chi connectivity index (χ2v) is 4.22. The largest absolute Gasteiger partial charge is 0.238 e. The lowest BCUT2D eigenvalue weighted by Crippen LogP contribution is -1.95. The van der Waals surface area contributed by atoms with Crippen LogP contribution in [-0.4, -0.2) is 9.78 Å². The molecule has 0 fully saturated rings. The van der Waals surface area contributed by atoms with Crippen molar-refractivity contribution < 1.29 is 0 Å². The van der Waals surface area contributed by atoms with Crippen molar-refractivity contribution in [3.8, 4) is 5.69 Å². The number of aromatic nitrogens is 2. The lowest BCUT2D eigenvalue weighted by molar-refractivity contribution is 0.863. The average Bonchev–Trinajstić information content (AvgIpc) is 2.48. The van der Waals surface area contributed by atoms with E-state index in [4.69, 9.17) is 11.6 Å². The quantitative estimate of drug-likeness (QED) is 0.775. The first kappa shape index (κ1) is 9.74. The normalized spacial score (nSPS) is 10.5. The van der Waals surface area contributed by atoms with Gasteiger partial charge in [-0.2, -0.15) is 5.10 Å². The van der Waals surface area contributed by atoms with E-state index in [1.807, 2.05) is 37.4 Å². The molecule has 0 saturated heterocycles. The molecule has 0 amide bonds. The molecule has 2 rings (SSSR count). The first-order valence-corrected chi connectivity index (χ1v) is 5.32. The zero-order chi connectivity index (χ0) is 10.1. The molecular formula is C10H8BrClN2. The number of rotatable bonds is 1. The third kappa shape index (κ3) is 1.70. The van der Waals surface area contributed by atoms with E-state index in [1.165, 1.54) is 0 Å². The van der Waals surface area contributed by atoms with Gasteiger partial charge in [0.25, 0.3) is 0 Å². The Morgan fingerprint density at radius 2 is 2.07 bits per heavy atom. The van der Waals surface area contributed by atoms with Crippen LogP contribution in [0, 0.1) is 6.92 Å². The summed E-state index contributed by atoms with van der Waals surface area (Å²) in [6.07, 6.45) is 1.90. The van der Waals surface area contributed by atoms with Crippen molar-refractivity contribution in [2.24, 2.45) is 0 Å². The van der Waals surface area contributed by atoms with Crippen LogP contribution in [0.2, 0.25) is 5.02 Å². The molecule has 0 N–H and O–H groups in total. The van der Waals surface area contributed by atoms with Crippen LogP contribution >= 0.6 is 27.5 Å². The fourth-order valence-electron chi connectivity index (χ4n) is 1.20. The van der Waals surface area contributed by atoms with Crippen LogP contribution in [0.4, 0.5) is 0 Å². The molecule has 0 spiro atoms. The number of para-hydroxylation sites is 1. The highest BCUT2D eigenvalue weighted by atomic mass is 79.9. The first-order valence-electron chi connectivity index (χ1n) is 4.15. The topological polar surface area (TPSA) is 17.8 Å². The van der Waals surface area contributed by atoms with Gasteiger partial charge in [-0.25, -0.2) is 4.68 Å². The summed E-state index contributed by atoms with van der Waals surface area (Å²) in [7, 11) is 0. The van der Waals surface area contributed by atoms with Crippen molar-refractivity contribution in [2.45, 2.75) is 6.92 Å². The summed E-state index contributed by atoms with van der Waals surface area (Å²) in [5.41, 5.74) is 1.84. The molecule has 14 heavy (non-hydrogen) atoms. The zero-order valence-electron chi connectivity index (χ0n) is 7.54. The maximum absolute atomic E-state index is 6.04. The highest BCUT2D eigenvalue weighted by Gasteiger charge is 2.05. The van der Waals surface area contributed by atoms with Crippen molar-refractivity contribution in [1.29, 1.82) is 0 Å². The molecule has 1 aromatic heterocycles. The SMILES string of the molecule is Cc1nn(-c2ccccc2Cl)cc1Br. The first-order chi connectivity index (χ1) is 6.68. The van der Waals surface area contributed by atoms with Crippen LogP contribution in [0.1, 0.15) is 5.69 Å². The van der Waals surface area contributed by atoms with Gasteiger partial charge in [0.15, 0.2) is 0 Å². The number of hydrogen-bond donors (Lipinski definition) is 0. The van der Waals surface area contributed by atoms with Crippen LogP contribution < -0.4 is 0 Å². The van der Waals surface area contributed by atoms with E-state index in [0.717, 1.165) is 15.9 Å². The highest BCUT2D eigenvalue weighted by molar-refractivity contribution is 9.10. The van der Waals surface area contributed by atoms with Crippen LogP contribution in [0.25, 0.3) is 5.69 Å². The molecule has 0 unspecified atom stereocenters. The fraction of sp³-hybridized carbons (Fsp3) is 0.100. The van der Waals surface area contributed by atoms with Crippen molar-refractivity contribution in [1.82, 2.24) is 9.78 Å². The van der Waals surface area contributed by atoms with Gasteiger partial charge >= 0.3 is 0 Å². The molecule has 2 aromatic rings. The summed E-state index contributed by atoms with van der Waals surface area (Å²) in [6.45, 7) is 1.94. The predicted octanol–water partition coefficient (Wildman–Crippen LogP) is 3.60. The molecule has 4 heteroatoms. The molecule has 0 aliphatic carbocycles. The molecule has 0 atom stereocenters. The van der Waals surface area contributed by atoms with Crippen LogP contribution in [0.15, 0.2) is 34.9 Å². The molecule has 0 radical (unpaired) electrons. The molecule has 0 bridgehead atoms. The summed E-state index contributed by atoms with van der Waals surface area (Å²) < 4.78 is 2.75. The minimum Gasteiger partial charge on any atom is -0.238 e. The smallest absolute Gasteiger partial charge is 0.0832 e. The van der Waals surface area contributed by atoms with E-state index in [2.05, 4.69) is 21.0 Å². The van der Waals surface area contributed by atoms with E-state index >= 15 is 0 Å². The zero-order valence-corrected chi connectivity index (χ0v) is 9.88. The molecule has 1 aromatic carbocycles. The molecule has 0 aliphatic heterocycles. The number of nitrogens with zero attached hydrogens (tertiary/aromatic N) is 2. The van der Waals surface area contributed by atoms with Crippen LogP contribution in [0.5, 0.6) is 0 Å². The molecule has 0 aliphatic rings. The van der Waals surface area contributed by atoms with Gasteiger partial charge in [-0.15, -0.1) is 0 Å². The Morgan fingerprint density at radius 1 is 1.36 bits per heavy atom. The standard InChI is InChI=1S/C10H8BrClN2/c1-7-8(11)6-14(13-7)10-5-3-2-4-9(10)12/h2-6H,1H3. The Balaban J connectivity index is 2.55. The van der Waals surface area contributed by atoms with E-state index in [0.29, 0.717) is 5.02 Å². The van der Waals surface area contributed by atoms with Crippen molar-refractivity contribution in [3.63, 3.8) is 0 Å². The molecule has 72 valence electrons.